The quantitative estimate of drug-likeness (QED) is 0.619. The molecule has 88 valence electrons. The van der Waals surface area contributed by atoms with E-state index < -0.39 is 11.4 Å². The lowest BCUT2D eigenvalue weighted by atomic mass is 10.3. The van der Waals surface area contributed by atoms with Crippen molar-refractivity contribution in [3.05, 3.63) is 27.5 Å². The van der Waals surface area contributed by atoms with E-state index in [0.29, 0.717) is 15.1 Å². The van der Waals surface area contributed by atoms with Crippen LogP contribution in [0.25, 0.3) is 0 Å². The Bertz CT molecular complexity index is 406. The molecule has 6 heteroatoms. The van der Waals surface area contributed by atoms with Crippen LogP contribution in [0.4, 0.5) is 0 Å². The van der Waals surface area contributed by atoms with E-state index in [1.54, 1.807) is 12.4 Å². The van der Waals surface area contributed by atoms with Crippen molar-refractivity contribution in [2.45, 2.75) is 25.5 Å². The second-order valence-electron chi connectivity index (χ2n) is 4.12. The van der Waals surface area contributed by atoms with Crippen molar-refractivity contribution in [2.75, 3.05) is 0 Å². The number of aromatic nitrogens is 1. The van der Waals surface area contributed by atoms with Gasteiger partial charge in [-0.05, 0) is 36.7 Å². The number of hydrogen-bond acceptors (Lipinski definition) is 3. The molecule has 0 aliphatic rings. The normalized spacial score (nSPS) is 14.4. The minimum atomic E-state index is -1.28. The maximum atomic E-state index is 11.7. The maximum absolute atomic E-state index is 11.7. The lowest BCUT2D eigenvalue weighted by Gasteiger charge is -2.17. The van der Waals surface area contributed by atoms with Crippen molar-refractivity contribution in [1.29, 1.82) is 0 Å². The fraction of sp³-hybridized carbons (Fsp3) is 0.400. The Morgan fingerprint density at radius 1 is 1.50 bits per heavy atom. The molecule has 1 aromatic heterocycles. The molecule has 0 unspecified atom stereocenters. The highest BCUT2D eigenvalue weighted by Gasteiger charge is 2.25. The number of halogens is 2. The Balaban J connectivity index is 2.89. The average Bonchev–Trinajstić information content (AvgIpc) is 2.18. The molecule has 0 bridgehead atoms. The molecular weight excluding hydrogens is 312 g/mol. The lowest BCUT2D eigenvalue weighted by Crippen LogP contribution is -2.25. The van der Waals surface area contributed by atoms with Crippen molar-refractivity contribution in [1.82, 2.24) is 4.98 Å². The summed E-state index contributed by atoms with van der Waals surface area (Å²) in [5, 5.41) is 0.518. The number of rotatable bonds is 2. The summed E-state index contributed by atoms with van der Waals surface area (Å²) in [5.41, 5.74) is 0.647. The monoisotopic (exact) mass is 322 g/mol. The standard InChI is InChI=1S/C10H12BrClN2OS/c1-10(2,3)16(15)14-5-7-4-13-6-8(11)9(7)12/h4-6H,1-3H3/b14-5+/t16-/m1/s1. The fourth-order valence-electron chi connectivity index (χ4n) is 0.787. The highest BCUT2D eigenvalue weighted by molar-refractivity contribution is 9.10. The van der Waals surface area contributed by atoms with Gasteiger partial charge in [0, 0.05) is 18.0 Å². The molecule has 1 rings (SSSR count). The predicted octanol–water partition coefficient (Wildman–Crippen LogP) is 3.38. The molecule has 16 heavy (non-hydrogen) atoms. The lowest BCUT2D eigenvalue weighted by molar-refractivity contribution is 0.562. The smallest absolute Gasteiger partial charge is 0.144 e. The van der Waals surface area contributed by atoms with Crippen LogP contribution in [0.15, 0.2) is 21.3 Å². The third-order valence-electron chi connectivity index (χ3n) is 1.68. The zero-order valence-electron chi connectivity index (χ0n) is 9.20. The van der Waals surface area contributed by atoms with Gasteiger partial charge in [-0.25, -0.2) is 0 Å². The van der Waals surface area contributed by atoms with E-state index in [1.165, 1.54) is 6.21 Å². The first-order valence-corrected chi connectivity index (χ1v) is 6.85. The second kappa shape index (κ2) is 5.49. The van der Waals surface area contributed by atoms with Gasteiger partial charge in [0.25, 0.3) is 0 Å². The Morgan fingerprint density at radius 2 is 2.12 bits per heavy atom. The molecule has 0 radical (unpaired) electrons. The summed E-state index contributed by atoms with van der Waals surface area (Å²) in [6.07, 6.45) is 4.66. The third kappa shape index (κ3) is 3.73. The van der Waals surface area contributed by atoms with Crippen LogP contribution in [0.5, 0.6) is 0 Å². The molecule has 0 saturated heterocycles. The van der Waals surface area contributed by atoms with Gasteiger partial charge < -0.3 is 4.55 Å². The van der Waals surface area contributed by atoms with Crippen molar-refractivity contribution in [3.63, 3.8) is 0 Å². The first-order chi connectivity index (χ1) is 7.32. The molecule has 0 saturated carbocycles. The largest absolute Gasteiger partial charge is 0.591 e. The van der Waals surface area contributed by atoms with Crippen LogP contribution in [0.2, 0.25) is 5.02 Å². The SMILES string of the molecule is CC(C)(C)[S@@+]([O-])/N=C/c1cncc(Br)c1Cl. The van der Waals surface area contributed by atoms with Gasteiger partial charge in [0.15, 0.2) is 0 Å². The van der Waals surface area contributed by atoms with Gasteiger partial charge in [0.2, 0.25) is 0 Å². The topological polar surface area (TPSA) is 48.3 Å². The van der Waals surface area contributed by atoms with Crippen molar-refractivity contribution >= 4 is 45.1 Å². The van der Waals surface area contributed by atoms with Gasteiger partial charge in [-0.1, -0.05) is 16.0 Å². The van der Waals surface area contributed by atoms with Crippen LogP contribution in [0.1, 0.15) is 26.3 Å². The average molecular weight is 324 g/mol. The van der Waals surface area contributed by atoms with Crippen molar-refractivity contribution in [3.8, 4) is 0 Å². The van der Waals surface area contributed by atoms with Gasteiger partial charge in [0.05, 0.1) is 15.7 Å². The number of nitrogens with zero attached hydrogens (tertiary/aromatic N) is 2. The van der Waals surface area contributed by atoms with Crippen LogP contribution in [-0.4, -0.2) is 20.5 Å². The van der Waals surface area contributed by atoms with Crippen LogP contribution in [0.3, 0.4) is 0 Å². The molecule has 1 atom stereocenters. The molecule has 1 heterocycles. The van der Waals surface area contributed by atoms with E-state index >= 15 is 0 Å². The predicted molar refractivity (Wildman–Crippen MR) is 72.4 cm³/mol. The molecule has 0 aliphatic carbocycles. The fourth-order valence-corrected chi connectivity index (χ4v) is 1.81. The summed E-state index contributed by atoms with van der Waals surface area (Å²) in [6, 6.07) is 0. The number of hydrogen-bond donors (Lipinski definition) is 0. The van der Waals surface area contributed by atoms with E-state index in [1.807, 2.05) is 20.8 Å². The third-order valence-corrected chi connectivity index (χ3v) is 4.27. The summed E-state index contributed by atoms with van der Waals surface area (Å²) < 4.78 is 16.0. The van der Waals surface area contributed by atoms with E-state index in [9.17, 15) is 4.55 Å². The van der Waals surface area contributed by atoms with Gasteiger partial charge in [-0.2, -0.15) is 0 Å². The van der Waals surface area contributed by atoms with Crippen LogP contribution in [0, 0.1) is 0 Å². The zero-order valence-corrected chi connectivity index (χ0v) is 12.4. The van der Waals surface area contributed by atoms with Crippen molar-refractivity contribution in [2.24, 2.45) is 4.40 Å². The zero-order chi connectivity index (χ0) is 12.3. The van der Waals surface area contributed by atoms with Crippen LogP contribution < -0.4 is 0 Å². The summed E-state index contributed by atoms with van der Waals surface area (Å²) >= 11 is 7.99. The first kappa shape index (κ1) is 14.0. The molecule has 0 spiro atoms. The van der Waals surface area contributed by atoms with Gasteiger partial charge in [-0.3, -0.25) is 4.98 Å². The van der Waals surface area contributed by atoms with Gasteiger partial charge in [0.1, 0.15) is 16.1 Å². The Morgan fingerprint density at radius 3 is 2.69 bits per heavy atom. The van der Waals surface area contributed by atoms with Crippen molar-refractivity contribution < 1.29 is 4.55 Å². The Kier molecular flexibility index (Phi) is 4.79. The molecule has 0 fully saturated rings. The highest BCUT2D eigenvalue weighted by atomic mass is 79.9. The summed E-state index contributed by atoms with van der Waals surface area (Å²) in [6.45, 7) is 5.59. The minimum Gasteiger partial charge on any atom is -0.591 e. The summed E-state index contributed by atoms with van der Waals surface area (Å²) in [4.78, 5) is 3.96. The Labute approximate surface area is 112 Å². The summed E-state index contributed by atoms with van der Waals surface area (Å²) in [5.74, 6) is 0. The molecule has 3 nitrogen and oxygen atoms in total. The minimum absolute atomic E-state index is 0.373. The van der Waals surface area contributed by atoms with Gasteiger partial charge >= 0.3 is 0 Å². The second-order valence-corrected chi connectivity index (χ2v) is 7.29. The molecule has 1 aromatic rings. The van der Waals surface area contributed by atoms with E-state index in [4.69, 9.17) is 11.6 Å². The Hall–Kier alpha value is -0.100. The van der Waals surface area contributed by atoms with Crippen LogP contribution in [-0.2, 0) is 11.4 Å². The summed E-state index contributed by atoms with van der Waals surface area (Å²) in [7, 11) is 0. The molecule has 0 aliphatic heterocycles. The molecule has 0 aromatic carbocycles. The molecule has 0 N–H and O–H groups in total. The first-order valence-electron chi connectivity index (χ1n) is 4.57. The van der Waals surface area contributed by atoms with E-state index in [0.717, 1.165) is 0 Å². The van der Waals surface area contributed by atoms with E-state index in [-0.39, 0.29) is 4.75 Å². The van der Waals surface area contributed by atoms with Gasteiger partial charge in [-0.15, -0.1) is 0 Å². The van der Waals surface area contributed by atoms with Crippen LogP contribution >= 0.6 is 27.5 Å². The molecular formula is C10H12BrClN2OS. The van der Waals surface area contributed by atoms with E-state index in [2.05, 4.69) is 25.3 Å². The number of pyridine rings is 1. The maximum Gasteiger partial charge on any atom is 0.144 e. The highest BCUT2D eigenvalue weighted by Crippen LogP contribution is 2.24. The molecule has 0 amide bonds.